The van der Waals surface area contributed by atoms with Gasteiger partial charge in [0.15, 0.2) is 5.58 Å². The number of piperidine rings is 1. The molecule has 0 amide bonds. The quantitative estimate of drug-likeness (QED) is 0.286. The van der Waals surface area contributed by atoms with Crippen LogP contribution in [-0.2, 0) is 38.8 Å². The van der Waals surface area contributed by atoms with Gasteiger partial charge in [0.1, 0.15) is 17.5 Å². The summed E-state index contributed by atoms with van der Waals surface area (Å²) in [6.45, 7) is 8.88. The fourth-order valence-corrected chi connectivity index (χ4v) is 7.91. The first kappa shape index (κ1) is 31.6. The van der Waals surface area contributed by atoms with Crippen LogP contribution >= 0.6 is 0 Å². The van der Waals surface area contributed by atoms with Crippen LogP contribution in [0.2, 0.25) is 0 Å². The Kier molecular flexibility index (Phi) is 8.98. The molecule has 0 N–H and O–H groups in total. The number of aromatic nitrogens is 5. The van der Waals surface area contributed by atoms with Gasteiger partial charge in [0.25, 0.3) is 11.1 Å². The molecule has 0 spiro atoms. The standard InChI is InChI=1S/C34H42FN6O3.ClH/c1-22-26(33(42)39-15-5-3-7-30(39)36-22)13-19-41(20-14-27-23(2)37-31-8-4-6-16-40(31)34(27)43)17-11-24(12-18-41)32-28-10-9-25(35)21-29(28)44-38-32;/h9-10,21,24H,3-8,11-20H2,1-2H3;1H/q+1;/p-1. The molecule has 0 atom stereocenters. The zero-order valence-electron chi connectivity index (χ0n) is 26.3. The van der Waals surface area contributed by atoms with Crippen LogP contribution in [-0.4, -0.2) is 54.9 Å². The second kappa shape index (κ2) is 12.8. The molecule has 1 saturated heterocycles. The number of fused-ring (bicyclic) bond motifs is 3. The van der Waals surface area contributed by atoms with Gasteiger partial charge in [0.05, 0.1) is 31.9 Å². The van der Waals surface area contributed by atoms with E-state index in [9.17, 15) is 14.0 Å². The van der Waals surface area contributed by atoms with E-state index in [1.807, 2.05) is 23.0 Å². The first-order valence-electron chi connectivity index (χ1n) is 16.4. The van der Waals surface area contributed by atoms with Crippen molar-refractivity contribution in [2.45, 2.75) is 97.1 Å². The topological polar surface area (TPSA) is 95.8 Å². The number of likely N-dealkylation sites (tertiary alicyclic amines) is 1. The van der Waals surface area contributed by atoms with Gasteiger partial charge in [-0.25, -0.2) is 14.4 Å². The highest BCUT2D eigenvalue weighted by Gasteiger charge is 2.37. The maximum atomic E-state index is 13.8. The molecule has 4 aromatic rings. The van der Waals surface area contributed by atoms with E-state index in [-0.39, 0.29) is 35.3 Å². The molecule has 11 heteroatoms. The smallest absolute Gasteiger partial charge is 0.257 e. The van der Waals surface area contributed by atoms with E-state index in [2.05, 4.69) is 5.16 Å². The average molecular weight is 637 g/mol. The van der Waals surface area contributed by atoms with Crippen molar-refractivity contribution >= 4 is 11.0 Å². The van der Waals surface area contributed by atoms with Crippen LogP contribution in [0.15, 0.2) is 32.3 Å². The minimum Gasteiger partial charge on any atom is -1.00 e. The Morgan fingerprint density at radius 1 is 0.867 bits per heavy atom. The lowest BCUT2D eigenvalue weighted by atomic mass is 9.89. The summed E-state index contributed by atoms with van der Waals surface area (Å²) in [6.07, 6.45) is 9.06. The van der Waals surface area contributed by atoms with Crippen LogP contribution in [0.3, 0.4) is 0 Å². The van der Waals surface area contributed by atoms with Crippen molar-refractivity contribution in [3.8, 4) is 0 Å². The Balaban J connectivity index is 0.00000357. The van der Waals surface area contributed by atoms with Crippen molar-refractivity contribution in [1.29, 1.82) is 0 Å². The fourth-order valence-electron chi connectivity index (χ4n) is 7.91. The third kappa shape index (κ3) is 5.99. The van der Waals surface area contributed by atoms with Gasteiger partial charge in [-0.2, -0.15) is 0 Å². The van der Waals surface area contributed by atoms with Crippen LogP contribution in [0, 0.1) is 19.7 Å². The number of hydrogen-bond donors (Lipinski definition) is 0. The van der Waals surface area contributed by atoms with E-state index in [1.165, 1.54) is 12.1 Å². The summed E-state index contributed by atoms with van der Waals surface area (Å²) in [4.78, 5) is 36.9. The molecule has 0 radical (unpaired) electrons. The lowest BCUT2D eigenvalue weighted by Crippen LogP contribution is -3.00. The number of nitrogens with zero attached hydrogens (tertiary/aromatic N) is 6. The van der Waals surface area contributed by atoms with E-state index in [4.69, 9.17) is 14.5 Å². The third-order valence-electron chi connectivity index (χ3n) is 10.6. The number of quaternary nitrogens is 1. The van der Waals surface area contributed by atoms with Crippen LogP contribution in [0.4, 0.5) is 4.39 Å². The molecule has 1 aromatic carbocycles. The van der Waals surface area contributed by atoms with E-state index < -0.39 is 0 Å². The maximum absolute atomic E-state index is 13.8. The van der Waals surface area contributed by atoms with Crippen LogP contribution < -0.4 is 23.5 Å². The number of halogens is 2. The summed E-state index contributed by atoms with van der Waals surface area (Å²) in [7, 11) is 0. The second-order valence-corrected chi connectivity index (χ2v) is 13.2. The lowest BCUT2D eigenvalue weighted by molar-refractivity contribution is -0.932. The van der Waals surface area contributed by atoms with E-state index in [0.717, 1.165) is 140 Å². The van der Waals surface area contributed by atoms with Crippen molar-refractivity contribution in [1.82, 2.24) is 24.3 Å². The summed E-state index contributed by atoms with van der Waals surface area (Å²) in [5.74, 6) is 1.72. The van der Waals surface area contributed by atoms with Crippen LogP contribution in [0.1, 0.15) is 84.3 Å². The minimum absolute atomic E-state index is 0. The molecule has 6 heterocycles. The number of aryl methyl sites for hydroxylation is 4. The maximum Gasteiger partial charge on any atom is 0.257 e. The van der Waals surface area contributed by atoms with Crippen LogP contribution in [0.5, 0.6) is 0 Å². The molecule has 7 rings (SSSR count). The molecule has 0 saturated carbocycles. The van der Waals surface area contributed by atoms with Gasteiger partial charge in [0.2, 0.25) is 0 Å². The fraction of sp³-hybridized carbons (Fsp3) is 0.559. The highest BCUT2D eigenvalue weighted by molar-refractivity contribution is 5.79. The predicted molar refractivity (Wildman–Crippen MR) is 165 cm³/mol. The zero-order chi connectivity index (χ0) is 30.4. The van der Waals surface area contributed by atoms with Gasteiger partial charge in [-0.1, -0.05) is 5.16 Å². The van der Waals surface area contributed by atoms with Gasteiger partial charge >= 0.3 is 0 Å². The number of benzene rings is 1. The normalized spacial score (nSPS) is 17.9. The first-order chi connectivity index (χ1) is 21.3. The largest absolute Gasteiger partial charge is 1.00 e. The van der Waals surface area contributed by atoms with Crippen LogP contribution in [0.25, 0.3) is 11.0 Å². The Bertz CT molecular complexity index is 1750. The number of hydrogen-bond acceptors (Lipinski definition) is 6. The Hall–Kier alpha value is -3.37. The molecular formula is C34H42ClFN6O3. The average Bonchev–Trinajstić information content (AvgIpc) is 3.44. The minimum atomic E-state index is -0.328. The van der Waals surface area contributed by atoms with Crippen molar-refractivity contribution in [2.75, 3.05) is 26.2 Å². The first-order valence-corrected chi connectivity index (χ1v) is 16.4. The van der Waals surface area contributed by atoms with Crippen molar-refractivity contribution < 1.29 is 25.8 Å². The van der Waals surface area contributed by atoms with Crippen molar-refractivity contribution in [3.63, 3.8) is 0 Å². The van der Waals surface area contributed by atoms with Crippen molar-refractivity contribution in [2.24, 2.45) is 0 Å². The molecule has 3 aliphatic heterocycles. The Morgan fingerprint density at radius 3 is 1.98 bits per heavy atom. The molecule has 45 heavy (non-hydrogen) atoms. The lowest BCUT2D eigenvalue weighted by Gasteiger charge is -2.44. The molecule has 9 nitrogen and oxygen atoms in total. The zero-order valence-corrected chi connectivity index (χ0v) is 27.0. The Morgan fingerprint density at radius 2 is 1.42 bits per heavy atom. The third-order valence-corrected chi connectivity index (χ3v) is 10.6. The van der Waals surface area contributed by atoms with Gasteiger partial charge < -0.3 is 21.4 Å². The van der Waals surface area contributed by atoms with Crippen molar-refractivity contribution in [3.05, 3.63) is 84.6 Å². The van der Waals surface area contributed by atoms with E-state index >= 15 is 0 Å². The molecule has 3 aliphatic rings. The summed E-state index contributed by atoms with van der Waals surface area (Å²) >= 11 is 0. The SMILES string of the molecule is Cc1nc2n(c(=O)c1CC[N+]1(CCc3c(C)nc4n(c3=O)CCCC4)CCC(c3noc4cc(F)ccc34)CC1)CCCC2.[Cl-]. The highest BCUT2D eigenvalue weighted by atomic mass is 35.5. The van der Waals surface area contributed by atoms with Gasteiger partial charge in [-0.3, -0.25) is 18.7 Å². The molecule has 0 aliphatic carbocycles. The summed E-state index contributed by atoms with van der Waals surface area (Å²) < 4.78 is 23.9. The number of rotatable bonds is 7. The second-order valence-electron chi connectivity index (χ2n) is 13.2. The Labute approximate surface area is 268 Å². The van der Waals surface area contributed by atoms with Gasteiger partial charge in [-0.05, 0) is 51.7 Å². The predicted octanol–water partition coefficient (Wildman–Crippen LogP) is 1.55. The van der Waals surface area contributed by atoms with E-state index in [1.54, 1.807) is 6.07 Å². The summed E-state index contributed by atoms with van der Waals surface area (Å²) in [5.41, 5.74) is 4.98. The molecule has 240 valence electrons. The van der Waals surface area contributed by atoms with Gasteiger partial charge in [-0.15, -0.1) is 0 Å². The molecule has 0 unspecified atom stereocenters. The van der Waals surface area contributed by atoms with E-state index in [0.29, 0.717) is 18.4 Å². The summed E-state index contributed by atoms with van der Waals surface area (Å²) in [6, 6.07) is 4.63. The summed E-state index contributed by atoms with van der Waals surface area (Å²) in [5, 5.41) is 5.25. The molecule has 0 bridgehead atoms. The monoisotopic (exact) mass is 636 g/mol. The molecule has 3 aromatic heterocycles. The molecular weight excluding hydrogens is 595 g/mol. The molecule has 1 fully saturated rings. The highest BCUT2D eigenvalue weighted by Crippen LogP contribution is 2.35. The van der Waals surface area contributed by atoms with Gasteiger partial charge in [0, 0.05) is 91.5 Å².